The average Bonchev–Trinajstić information content (AvgIpc) is 2.46. The molecule has 1 amide bonds. The fourth-order valence-corrected chi connectivity index (χ4v) is 1.90. The van der Waals surface area contributed by atoms with Gasteiger partial charge in [0.05, 0.1) is 6.04 Å². The van der Waals surface area contributed by atoms with Crippen LogP contribution in [-0.4, -0.2) is 15.7 Å². The zero-order valence-electron chi connectivity index (χ0n) is 12.5. The van der Waals surface area contributed by atoms with Crippen LogP contribution < -0.4 is 10.9 Å². The van der Waals surface area contributed by atoms with Crippen molar-refractivity contribution in [2.24, 2.45) is 0 Å². The smallest absolute Gasteiger partial charge is 0.271 e. The molecule has 110 valence electrons. The van der Waals surface area contributed by atoms with Gasteiger partial charge in [-0.25, -0.2) is 4.68 Å². The Morgan fingerprint density at radius 2 is 1.86 bits per heavy atom. The molecule has 0 fully saturated rings. The minimum absolute atomic E-state index is 0.0812. The molecule has 0 unspecified atom stereocenters. The summed E-state index contributed by atoms with van der Waals surface area (Å²) in [6, 6.07) is 10.7. The van der Waals surface area contributed by atoms with Gasteiger partial charge in [0.2, 0.25) is 0 Å². The number of nitrogens with zero attached hydrogens (tertiary/aromatic N) is 2. The predicted octanol–water partition coefficient (Wildman–Crippen LogP) is 2.06. The Bertz CT molecular complexity index is 687. The summed E-state index contributed by atoms with van der Waals surface area (Å²) >= 11 is 0. The van der Waals surface area contributed by atoms with Crippen LogP contribution in [0.15, 0.2) is 41.2 Å². The van der Waals surface area contributed by atoms with Gasteiger partial charge in [-0.05, 0) is 32.4 Å². The highest BCUT2D eigenvalue weighted by Crippen LogP contribution is 2.03. The van der Waals surface area contributed by atoms with E-state index in [4.69, 9.17) is 0 Å². The van der Waals surface area contributed by atoms with E-state index in [1.165, 1.54) is 22.4 Å². The Hall–Kier alpha value is -2.43. The first-order valence-electron chi connectivity index (χ1n) is 6.91. The monoisotopic (exact) mass is 285 g/mol. The van der Waals surface area contributed by atoms with Crippen LogP contribution in [0.4, 0.5) is 0 Å². The highest BCUT2D eigenvalue weighted by atomic mass is 16.2. The molecule has 0 radical (unpaired) electrons. The number of hydrogen-bond donors (Lipinski definition) is 1. The van der Waals surface area contributed by atoms with Crippen LogP contribution in [0.2, 0.25) is 0 Å². The van der Waals surface area contributed by atoms with Gasteiger partial charge in [-0.3, -0.25) is 9.59 Å². The van der Waals surface area contributed by atoms with Crippen LogP contribution in [0.3, 0.4) is 0 Å². The standard InChI is InChI=1S/C16H19N3O2/c1-11(2)19-15(20)9-8-14(18-19)16(21)17-10-13-6-4-12(3)5-7-13/h4-9,11H,10H2,1-3H3,(H,17,21). The second kappa shape index (κ2) is 6.35. The molecule has 0 saturated heterocycles. The summed E-state index contributed by atoms with van der Waals surface area (Å²) < 4.78 is 1.31. The van der Waals surface area contributed by atoms with E-state index < -0.39 is 0 Å². The van der Waals surface area contributed by atoms with Gasteiger partial charge < -0.3 is 5.32 Å². The molecule has 2 rings (SSSR count). The van der Waals surface area contributed by atoms with Crippen molar-refractivity contribution in [2.45, 2.75) is 33.4 Å². The van der Waals surface area contributed by atoms with Crippen LogP contribution in [0.1, 0.15) is 41.5 Å². The van der Waals surface area contributed by atoms with Crippen LogP contribution in [0, 0.1) is 6.92 Å². The summed E-state index contributed by atoms with van der Waals surface area (Å²) in [4.78, 5) is 23.7. The molecule has 5 nitrogen and oxygen atoms in total. The lowest BCUT2D eigenvalue weighted by atomic mass is 10.1. The Morgan fingerprint density at radius 3 is 2.48 bits per heavy atom. The minimum Gasteiger partial charge on any atom is -0.347 e. The average molecular weight is 285 g/mol. The molecule has 1 aromatic heterocycles. The molecule has 0 bridgehead atoms. The Kier molecular flexibility index (Phi) is 4.52. The van der Waals surface area contributed by atoms with Gasteiger partial charge in [-0.15, -0.1) is 0 Å². The maximum Gasteiger partial charge on any atom is 0.271 e. The van der Waals surface area contributed by atoms with Crippen molar-refractivity contribution >= 4 is 5.91 Å². The van der Waals surface area contributed by atoms with Gasteiger partial charge in [0.25, 0.3) is 11.5 Å². The number of nitrogens with one attached hydrogen (secondary N) is 1. The van der Waals surface area contributed by atoms with Crippen LogP contribution in [-0.2, 0) is 6.54 Å². The molecule has 5 heteroatoms. The van der Waals surface area contributed by atoms with E-state index in [0.29, 0.717) is 6.54 Å². The summed E-state index contributed by atoms with van der Waals surface area (Å²) in [7, 11) is 0. The molecule has 2 aromatic rings. The number of benzene rings is 1. The van der Waals surface area contributed by atoms with E-state index in [0.717, 1.165) is 5.56 Å². The van der Waals surface area contributed by atoms with Gasteiger partial charge >= 0.3 is 0 Å². The third-order valence-electron chi connectivity index (χ3n) is 3.12. The molecule has 1 N–H and O–H groups in total. The summed E-state index contributed by atoms with van der Waals surface area (Å²) in [5.74, 6) is -0.287. The van der Waals surface area contributed by atoms with Crippen molar-refractivity contribution < 1.29 is 4.79 Å². The number of hydrogen-bond acceptors (Lipinski definition) is 3. The molecule has 0 atom stereocenters. The third kappa shape index (κ3) is 3.78. The fourth-order valence-electron chi connectivity index (χ4n) is 1.90. The van der Waals surface area contributed by atoms with Gasteiger partial charge in [-0.1, -0.05) is 29.8 Å². The van der Waals surface area contributed by atoms with E-state index in [1.807, 2.05) is 45.0 Å². The van der Waals surface area contributed by atoms with E-state index in [1.54, 1.807) is 0 Å². The molecule has 21 heavy (non-hydrogen) atoms. The Morgan fingerprint density at radius 1 is 1.19 bits per heavy atom. The van der Waals surface area contributed by atoms with Crippen molar-refractivity contribution in [1.82, 2.24) is 15.1 Å². The number of amides is 1. The quantitative estimate of drug-likeness (QED) is 0.935. The molecule has 0 saturated carbocycles. The SMILES string of the molecule is Cc1ccc(CNC(=O)c2ccc(=O)n(C(C)C)n2)cc1. The van der Waals surface area contributed by atoms with Crippen molar-refractivity contribution in [2.75, 3.05) is 0 Å². The number of carbonyl (C=O) groups excluding carboxylic acids is 1. The van der Waals surface area contributed by atoms with Crippen LogP contribution >= 0.6 is 0 Å². The lowest BCUT2D eigenvalue weighted by Gasteiger charge is -2.10. The second-order valence-corrected chi connectivity index (χ2v) is 5.26. The summed E-state index contributed by atoms with van der Waals surface area (Å²) in [5.41, 5.74) is 2.23. The summed E-state index contributed by atoms with van der Waals surface area (Å²) in [5, 5.41) is 6.89. The second-order valence-electron chi connectivity index (χ2n) is 5.26. The molecule has 0 aliphatic heterocycles. The van der Waals surface area contributed by atoms with E-state index in [-0.39, 0.29) is 23.2 Å². The maximum atomic E-state index is 12.1. The van der Waals surface area contributed by atoms with Gasteiger partial charge in [-0.2, -0.15) is 5.10 Å². The molecule has 0 aliphatic rings. The Balaban J connectivity index is 2.08. The first-order chi connectivity index (χ1) is 9.97. The molecule has 0 aliphatic carbocycles. The highest BCUT2D eigenvalue weighted by molar-refractivity contribution is 5.91. The lowest BCUT2D eigenvalue weighted by Crippen LogP contribution is -2.30. The number of rotatable bonds is 4. The Labute approximate surface area is 123 Å². The first-order valence-corrected chi connectivity index (χ1v) is 6.91. The van der Waals surface area contributed by atoms with Gasteiger partial charge in [0.1, 0.15) is 5.69 Å². The normalized spacial score (nSPS) is 10.7. The molecular weight excluding hydrogens is 266 g/mol. The topological polar surface area (TPSA) is 64.0 Å². The highest BCUT2D eigenvalue weighted by Gasteiger charge is 2.10. The fraction of sp³-hybridized carbons (Fsp3) is 0.312. The lowest BCUT2D eigenvalue weighted by molar-refractivity contribution is 0.0943. The van der Waals surface area contributed by atoms with Crippen molar-refractivity contribution in [3.8, 4) is 0 Å². The largest absolute Gasteiger partial charge is 0.347 e. The van der Waals surface area contributed by atoms with E-state index in [9.17, 15) is 9.59 Å². The molecule has 1 heterocycles. The minimum atomic E-state index is -0.287. The van der Waals surface area contributed by atoms with Crippen LogP contribution in [0.25, 0.3) is 0 Å². The maximum absolute atomic E-state index is 12.1. The summed E-state index contributed by atoms with van der Waals surface area (Å²) in [6.07, 6.45) is 0. The zero-order chi connectivity index (χ0) is 15.4. The molecule has 0 spiro atoms. The van der Waals surface area contributed by atoms with Crippen molar-refractivity contribution in [1.29, 1.82) is 0 Å². The number of aryl methyl sites for hydroxylation is 1. The van der Waals surface area contributed by atoms with Crippen molar-refractivity contribution in [3.05, 3.63) is 63.6 Å². The number of carbonyl (C=O) groups is 1. The summed E-state index contributed by atoms with van der Waals surface area (Å²) in [6.45, 7) is 6.15. The van der Waals surface area contributed by atoms with Gasteiger partial charge in [0.15, 0.2) is 0 Å². The van der Waals surface area contributed by atoms with E-state index in [2.05, 4.69) is 10.4 Å². The molecule has 1 aromatic carbocycles. The van der Waals surface area contributed by atoms with Gasteiger partial charge in [0, 0.05) is 12.6 Å². The zero-order valence-corrected chi connectivity index (χ0v) is 12.5. The third-order valence-corrected chi connectivity index (χ3v) is 3.12. The van der Waals surface area contributed by atoms with E-state index >= 15 is 0 Å². The first kappa shape index (κ1) is 15.0. The van der Waals surface area contributed by atoms with Crippen molar-refractivity contribution in [3.63, 3.8) is 0 Å². The number of aromatic nitrogens is 2. The molecular formula is C16H19N3O2. The van der Waals surface area contributed by atoms with Crippen LogP contribution in [0.5, 0.6) is 0 Å². The predicted molar refractivity (Wildman–Crippen MR) is 81.2 cm³/mol.